The summed E-state index contributed by atoms with van der Waals surface area (Å²) < 4.78 is 68.2. The van der Waals surface area contributed by atoms with E-state index in [9.17, 15) is 43.2 Å². The van der Waals surface area contributed by atoms with Gasteiger partial charge in [0.2, 0.25) is 0 Å². The van der Waals surface area contributed by atoms with Crippen molar-refractivity contribution in [3.8, 4) is 0 Å². The molecule has 5 atom stereocenters. The maximum absolute atomic E-state index is 13.1. The van der Waals surface area contributed by atoms with Gasteiger partial charge in [-0.1, -0.05) is 272 Å². The standard InChI is InChI=1S/C85H130O17P2/c1-5-9-13-17-21-25-29-33-36-38-39-41-43-47-50-54-58-62-66-70-83(88)96-76-81(102-85(90)72-68-64-60-56-52-48-44-40-37-34-30-26-22-18-14-10-6-2)78-100-104(93,94)98-74-79(86)73-97-103(91,92)99-77-80(101-84(89)71-67-63-59-55-51-45-32-28-24-20-16-12-8-4)75-95-82(87)69-65-61-57-53-49-46-42-35-31-27-23-19-15-11-7-3/h9-11,13-16,20-23,25-28,32-37,39,41-42,44,47-50,53,56,58,60-62,65,79-81,86H,5-8,12,17-19,24,29-31,38,40,43,45-46,51-52,54-55,57,59,63-64,66-78H2,1-4H3,(H,91,92)(H,93,94)/b13-9-,14-10-,15-11-,20-16-,25-21-,26-22-,27-23-,32-28-,36-33-,37-34-,41-39-,42-35-,48-44-,50-47-,53-49-,60-56-,62-58-,65-61-. The molecule has 0 fully saturated rings. The molecule has 0 heterocycles. The average Bonchev–Trinajstić information content (AvgIpc) is 0.911. The van der Waals surface area contributed by atoms with Crippen molar-refractivity contribution in [2.45, 2.75) is 251 Å². The van der Waals surface area contributed by atoms with Crippen LogP contribution in [-0.2, 0) is 65.4 Å². The highest BCUT2D eigenvalue weighted by Gasteiger charge is 2.30. The Hall–Kier alpha value is -6.62. The van der Waals surface area contributed by atoms with Crippen LogP contribution in [0.4, 0.5) is 0 Å². The molecular formula is C85H130O17P2. The zero-order chi connectivity index (χ0) is 76.0. The number of phosphoric ester groups is 2. The minimum Gasteiger partial charge on any atom is -0.462 e. The van der Waals surface area contributed by atoms with Crippen LogP contribution in [0.3, 0.4) is 0 Å². The molecule has 5 unspecified atom stereocenters. The molecule has 0 rings (SSSR count). The Labute approximate surface area is 626 Å². The highest BCUT2D eigenvalue weighted by molar-refractivity contribution is 7.47. The van der Waals surface area contributed by atoms with E-state index in [1.165, 1.54) is 0 Å². The summed E-state index contributed by atoms with van der Waals surface area (Å²) in [5.74, 6) is -2.54. The highest BCUT2D eigenvalue weighted by Crippen LogP contribution is 2.45. The van der Waals surface area contributed by atoms with Gasteiger partial charge in [-0.15, -0.1) is 0 Å². The van der Waals surface area contributed by atoms with Crippen LogP contribution in [0.1, 0.15) is 233 Å². The van der Waals surface area contributed by atoms with Crippen LogP contribution in [0.5, 0.6) is 0 Å². The molecule has 0 aliphatic carbocycles. The number of ether oxygens (including phenoxy) is 4. The first-order valence-corrected chi connectivity index (χ1v) is 41.0. The van der Waals surface area contributed by atoms with E-state index in [0.29, 0.717) is 38.5 Å². The highest BCUT2D eigenvalue weighted by atomic mass is 31.2. The molecule has 0 aromatic rings. The van der Waals surface area contributed by atoms with Gasteiger partial charge < -0.3 is 33.8 Å². The molecule has 0 radical (unpaired) electrons. The Kier molecular flexibility index (Phi) is 69.9. The molecule has 0 aliphatic rings. The van der Waals surface area contributed by atoms with Crippen LogP contribution in [0, 0.1) is 0 Å². The summed E-state index contributed by atoms with van der Waals surface area (Å²) in [4.78, 5) is 72.8. The molecule has 3 N–H and O–H groups in total. The van der Waals surface area contributed by atoms with E-state index in [1.54, 1.807) is 6.08 Å². The van der Waals surface area contributed by atoms with Crippen LogP contribution < -0.4 is 0 Å². The van der Waals surface area contributed by atoms with E-state index < -0.39 is 97.5 Å². The Morgan fingerprint density at radius 1 is 0.288 bits per heavy atom. The molecule has 0 amide bonds. The maximum atomic E-state index is 13.1. The fraction of sp³-hybridized carbons (Fsp3) is 0.529. The molecule has 17 nitrogen and oxygen atoms in total. The largest absolute Gasteiger partial charge is 0.472 e. The Bertz CT molecular complexity index is 2840. The molecule has 0 spiro atoms. The third kappa shape index (κ3) is 73.7. The van der Waals surface area contributed by atoms with E-state index in [0.717, 1.165) is 141 Å². The summed E-state index contributed by atoms with van der Waals surface area (Å²) in [7, 11) is -10.0. The molecule has 0 aromatic heterocycles. The molecule has 0 saturated heterocycles. The number of hydrogen-bond donors (Lipinski definition) is 3. The van der Waals surface area contributed by atoms with Gasteiger partial charge in [-0.05, 0) is 154 Å². The first kappa shape index (κ1) is 97.4. The van der Waals surface area contributed by atoms with E-state index in [2.05, 4.69) is 192 Å². The van der Waals surface area contributed by atoms with Crippen LogP contribution in [0.15, 0.2) is 219 Å². The van der Waals surface area contributed by atoms with Crippen molar-refractivity contribution < 1.29 is 80.2 Å². The zero-order valence-electron chi connectivity index (χ0n) is 63.3. The Morgan fingerprint density at radius 2 is 0.567 bits per heavy atom. The van der Waals surface area contributed by atoms with Gasteiger partial charge >= 0.3 is 39.5 Å². The fourth-order valence-corrected chi connectivity index (χ4v) is 10.4. The number of phosphoric acid groups is 2. The van der Waals surface area contributed by atoms with Crippen LogP contribution in [-0.4, -0.2) is 96.7 Å². The quantitative estimate of drug-likeness (QED) is 0.0169. The van der Waals surface area contributed by atoms with Gasteiger partial charge in [0.1, 0.15) is 19.3 Å². The average molecular weight is 1490 g/mol. The fourth-order valence-electron chi connectivity index (χ4n) is 8.80. The second-order valence-electron chi connectivity index (χ2n) is 24.1. The molecule has 582 valence electrons. The van der Waals surface area contributed by atoms with Gasteiger partial charge in [-0.25, -0.2) is 9.13 Å². The predicted molar refractivity (Wildman–Crippen MR) is 426 cm³/mol. The molecule has 0 aliphatic heterocycles. The van der Waals surface area contributed by atoms with E-state index >= 15 is 0 Å². The number of unbranched alkanes of at least 4 members (excludes halogenated alkanes) is 7. The van der Waals surface area contributed by atoms with Crippen molar-refractivity contribution in [1.82, 2.24) is 0 Å². The molecular weight excluding hydrogens is 1350 g/mol. The minimum atomic E-state index is -5.03. The number of carbonyl (C=O) groups is 4. The van der Waals surface area contributed by atoms with Gasteiger partial charge in [0, 0.05) is 19.3 Å². The zero-order valence-corrected chi connectivity index (χ0v) is 65.1. The number of carbonyl (C=O) groups excluding carboxylic acids is 4. The van der Waals surface area contributed by atoms with E-state index in [4.69, 9.17) is 37.0 Å². The Morgan fingerprint density at radius 3 is 0.933 bits per heavy atom. The monoisotopic (exact) mass is 1480 g/mol. The molecule has 19 heteroatoms. The summed E-state index contributed by atoms with van der Waals surface area (Å²) in [6.45, 7) is 4.12. The van der Waals surface area contributed by atoms with E-state index in [1.807, 2.05) is 48.6 Å². The summed E-state index contributed by atoms with van der Waals surface area (Å²) in [6.07, 6.45) is 94.2. The van der Waals surface area contributed by atoms with Crippen molar-refractivity contribution in [1.29, 1.82) is 0 Å². The second-order valence-corrected chi connectivity index (χ2v) is 27.0. The normalized spacial score (nSPS) is 15.1. The molecule has 104 heavy (non-hydrogen) atoms. The number of allylic oxidation sites excluding steroid dienone is 35. The molecule has 0 bridgehead atoms. The molecule has 0 saturated carbocycles. The number of esters is 4. The minimum absolute atomic E-state index is 0.0118. The smallest absolute Gasteiger partial charge is 0.462 e. The van der Waals surface area contributed by atoms with Gasteiger partial charge in [0.25, 0.3) is 0 Å². The predicted octanol–water partition coefficient (Wildman–Crippen LogP) is 22.1. The summed E-state index contributed by atoms with van der Waals surface area (Å²) >= 11 is 0. The van der Waals surface area contributed by atoms with Crippen molar-refractivity contribution in [2.24, 2.45) is 0 Å². The number of aliphatic hydroxyl groups is 1. The first-order chi connectivity index (χ1) is 50.7. The van der Waals surface area contributed by atoms with Crippen LogP contribution in [0.25, 0.3) is 0 Å². The number of aliphatic hydroxyl groups excluding tert-OH is 1. The molecule has 0 aromatic carbocycles. The van der Waals surface area contributed by atoms with Crippen LogP contribution in [0.2, 0.25) is 0 Å². The van der Waals surface area contributed by atoms with Crippen molar-refractivity contribution in [2.75, 3.05) is 39.6 Å². The van der Waals surface area contributed by atoms with Crippen LogP contribution >= 0.6 is 15.6 Å². The van der Waals surface area contributed by atoms with Gasteiger partial charge in [-0.3, -0.25) is 37.3 Å². The summed E-state index contributed by atoms with van der Waals surface area (Å²) in [5.41, 5.74) is 0. The number of hydrogen-bond acceptors (Lipinski definition) is 15. The Balaban J connectivity index is 5.58. The first-order valence-electron chi connectivity index (χ1n) is 38.0. The van der Waals surface area contributed by atoms with Crippen molar-refractivity contribution >= 4 is 39.5 Å². The lowest BCUT2D eigenvalue weighted by Gasteiger charge is -2.21. The summed E-state index contributed by atoms with van der Waals surface area (Å²) in [5, 5.41) is 10.6. The third-order valence-corrected chi connectivity index (χ3v) is 16.3. The van der Waals surface area contributed by atoms with Crippen molar-refractivity contribution in [3.05, 3.63) is 219 Å². The van der Waals surface area contributed by atoms with E-state index in [-0.39, 0.29) is 25.7 Å². The second kappa shape index (κ2) is 74.6. The maximum Gasteiger partial charge on any atom is 0.472 e. The SMILES string of the molecule is CC/C=C\C/C=C\C/C=C\C/C=C\C/C=C\C/C=C\CCC(=O)OCC(COP(=O)(O)OCC(O)COP(=O)(O)OCC(COC(=O)C/C=C\C/C=C\C/C=C\C/C=C\C/C=C\CC)OC(=O)CCCCCCC/C=C\C/C=C\CCC)OC(=O)CCC/C=C\C/C=C\C/C=C\C/C=C\C/C=C\CC. The van der Waals surface area contributed by atoms with Gasteiger partial charge in [0.15, 0.2) is 12.2 Å². The summed E-state index contributed by atoms with van der Waals surface area (Å²) in [6, 6.07) is 0. The van der Waals surface area contributed by atoms with Gasteiger partial charge in [-0.2, -0.15) is 0 Å². The third-order valence-electron chi connectivity index (χ3n) is 14.4. The lowest BCUT2D eigenvalue weighted by atomic mass is 10.1. The topological polar surface area (TPSA) is 237 Å². The number of rotatable bonds is 68. The van der Waals surface area contributed by atoms with Crippen molar-refractivity contribution in [3.63, 3.8) is 0 Å². The lowest BCUT2D eigenvalue weighted by molar-refractivity contribution is -0.161. The lowest BCUT2D eigenvalue weighted by Crippen LogP contribution is -2.30. The van der Waals surface area contributed by atoms with Gasteiger partial charge in [0.05, 0.1) is 32.8 Å².